The zero-order valence-electron chi connectivity index (χ0n) is 33.1. The van der Waals surface area contributed by atoms with Crippen molar-refractivity contribution in [3.8, 4) is 28.1 Å². The van der Waals surface area contributed by atoms with Crippen LogP contribution in [0.25, 0.3) is 27.9 Å². The summed E-state index contributed by atoms with van der Waals surface area (Å²) in [5, 5.41) is 16.9. The van der Waals surface area contributed by atoms with E-state index in [1.54, 1.807) is 13.4 Å². The number of methoxy groups -OCH3 is 1. The van der Waals surface area contributed by atoms with Crippen LogP contribution in [0.4, 0.5) is 5.69 Å². The van der Waals surface area contributed by atoms with Crippen molar-refractivity contribution in [3.05, 3.63) is 114 Å². The van der Waals surface area contributed by atoms with Crippen molar-refractivity contribution in [2.45, 2.75) is 76.9 Å². The molecule has 14 nitrogen and oxygen atoms in total. The van der Waals surface area contributed by atoms with E-state index in [0.29, 0.717) is 30.4 Å². The quantitative estimate of drug-likeness (QED) is 0.127. The first kappa shape index (κ1) is 38.5. The Labute approximate surface area is 336 Å². The molecule has 14 heteroatoms. The second-order valence-electron chi connectivity index (χ2n) is 16.1. The number of carbonyl (C=O) groups is 3. The molecule has 2 aliphatic heterocycles. The van der Waals surface area contributed by atoms with Gasteiger partial charge in [0.25, 0.3) is 11.7 Å². The van der Waals surface area contributed by atoms with E-state index in [0.717, 1.165) is 71.6 Å². The van der Waals surface area contributed by atoms with Crippen LogP contribution >= 0.6 is 0 Å². The second-order valence-corrected chi connectivity index (χ2v) is 16.1. The third-order valence-corrected chi connectivity index (χ3v) is 10.9. The highest BCUT2D eigenvalue weighted by atomic mass is 16.5. The fraction of sp³-hybridized carbons (Fsp3) is 0.341. The van der Waals surface area contributed by atoms with E-state index in [1.165, 1.54) is 11.1 Å². The molecule has 0 bridgehead atoms. The number of nitrogens with one attached hydrogen (secondary N) is 3. The molecule has 2 saturated heterocycles. The largest absolute Gasteiger partial charge is 0.496 e. The van der Waals surface area contributed by atoms with E-state index >= 15 is 0 Å². The molecule has 6 aromatic rings. The fourth-order valence-electron chi connectivity index (χ4n) is 7.59. The van der Waals surface area contributed by atoms with Crippen LogP contribution in [0, 0.1) is 0 Å². The number of hydrogen-bond acceptors (Lipinski definition) is 11. The average Bonchev–Trinajstić information content (AvgIpc) is 3.91. The summed E-state index contributed by atoms with van der Waals surface area (Å²) in [6.45, 7) is 8.98. The molecule has 3 N–H and O–H groups in total. The summed E-state index contributed by atoms with van der Waals surface area (Å²) >= 11 is 0. The number of nitrogens with zero attached hydrogens (tertiary/aromatic N) is 6. The van der Waals surface area contributed by atoms with Crippen molar-refractivity contribution in [2.24, 2.45) is 0 Å². The number of aromatic nitrogens is 5. The SMILES string of the molecule is COc1cc(-c2ncnn3cc(-c4ccc(CN5CCC(c6ccc(NC7CCC(=O)NC7=O)cc6)CC5)cc4)cc23)ccc1CNC(=O)c1noc(C(C)(C)C)n1. The van der Waals surface area contributed by atoms with E-state index < -0.39 is 5.91 Å². The van der Waals surface area contributed by atoms with Crippen LogP contribution in [0.15, 0.2) is 89.8 Å². The van der Waals surface area contributed by atoms with Gasteiger partial charge in [-0.3, -0.25) is 24.6 Å². The highest BCUT2D eigenvalue weighted by Gasteiger charge is 2.27. The van der Waals surface area contributed by atoms with E-state index in [-0.39, 0.29) is 35.6 Å². The standard InChI is InChI=1S/C44H47N9O5/c1-44(2,3)43-50-40(51-58-43)42(56)45-23-32-10-9-31(22-37(32)57-4)39-36-21-33(25-53(36)47-26-46-39)29-7-5-27(6-8-29)24-52-19-17-30(18-20-52)28-11-13-34(14-12-28)48-35-15-16-38(54)49-41(35)55/h5-14,21-22,25-26,30,35,48H,15-20,23-24H2,1-4H3,(H,45,56)(H,49,54,55). The summed E-state index contributed by atoms with van der Waals surface area (Å²) < 4.78 is 12.8. The van der Waals surface area contributed by atoms with E-state index in [2.05, 4.69) is 83.5 Å². The molecule has 3 aromatic carbocycles. The molecular weight excluding hydrogens is 735 g/mol. The number of rotatable bonds is 11. The number of imide groups is 1. The van der Waals surface area contributed by atoms with Gasteiger partial charge in [0.15, 0.2) is 0 Å². The lowest BCUT2D eigenvalue weighted by Gasteiger charge is -2.32. The van der Waals surface area contributed by atoms with Gasteiger partial charge in [-0.25, -0.2) is 9.50 Å². The van der Waals surface area contributed by atoms with Crippen LogP contribution < -0.4 is 20.7 Å². The fourth-order valence-corrected chi connectivity index (χ4v) is 7.59. The van der Waals surface area contributed by atoms with Gasteiger partial charge in [0.05, 0.1) is 18.3 Å². The molecule has 5 heterocycles. The Balaban J connectivity index is 0.870. The third-order valence-electron chi connectivity index (χ3n) is 10.9. The normalized spacial score (nSPS) is 16.7. The van der Waals surface area contributed by atoms with Crippen molar-refractivity contribution < 1.29 is 23.6 Å². The Kier molecular flexibility index (Phi) is 10.8. The van der Waals surface area contributed by atoms with Crippen LogP contribution in [-0.4, -0.2) is 73.6 Å². The maximum Gasteiger partial charge on any atom is 0.292 e. The molecule has 298 valence electrons. The first-order valence-corrected chi connectivity index (χ1v) is 19.7. The summed E-state index contributed by atoms with van der Waals surface area (Å²) in [6.07, 6.45) is 6.61. The van der Waals surface area contributed by atoms with E-state index in [4.69, 9.17) is 9.26 Å². The minimum absolute atomic E-state index is 0.0111. The third kappa shape index (κ3) is 8.47. The molecule has 0 saturated carbocycles. The summed E-state index contributed by atoms with van der Waals surface area (Å²) in [5.74, 6) is 0.600. The lowest BCUT2D eigenvalue weighted by atomic mass is 9.89. The number of hydrogen-bond donors (Lipinski definition) is 3. The van der Waals surface area contributed by atoms with Crippen LogP contribution in [0.5, 0.6) is 5.75 Å². The van der Waals surface area contributed by atoms with Gasteiger partial charge in [0.2, 0.25) is 17.7 Å². The Bertz CT molecular complexity index is 2440. The van der Waals surface area contributed by atoms with E-state index in [1.807, 2.05) is 61.8 Å². The highest BCUT2D eigenvalue weighted by molar-refractivity contribution is 6.01. The zero-order valence-corrected chi connectivity index (χ0v) is 33.1. The Hall–Kier alpha value is -6.41. The molecule has 3 aromatic heterocycles. The van der Waals surface area contributed by atoms with Gasteiger partial charge in [-0.2, -0.15) is 10.1 Å². The first-order chi connectivity index (χ1) is 28.0. The van der Waals surface area contributed by atoms with Crippen LogP contribution in [0.1, 0.15) is 85.6 Å². The van der Waals surface area contributed by atoms with Crippen LogP contribution in [0.3, 0.4) is 0 Å². The molecule has 1 atom stereocenters. The van der Waals surface area contributed by atoms with E-state index in [9.17, 15) is 14.4 Å². The van der Waals surface area contributed by atoms with Crippen LogP contribution in [-0.2, 0) is 28.1 Å². The summed E-state index contributed by atoms with van der Waals surface area (Å²) in [6, 6.07) is 24.6. The number of ether oxygens (including phenoxy) is 1. The molecular formula is C44H47N9O5. The van der Waals surface area contributed by atoms with Crippen molar-refractivity contribution in [1.29, 1.82) is 0 Å². The van der Waals surface area contributed by atoms with Gasteiger partial charge < -0.3 is 19.9 Å². The van der Waals surface area contributed by atoms with Crippen molar-refractivity contribution in [1.82, 2.24) is 40.3 Å². The lowest BCUT2D eigenvalue weighted by Crippen LogP contribution is -2.47. The van der Waals surface area contributed by atoms with Crippen molar-refractivity contribution >= 4 is 28.9 Å². The second kappa shape index (κ2) is 16.2. The highest BCUT2D eigenvalue weighted by Crippen LogP contribution is 2.33. The molecule has 2 fully saturated rings. The zero-order chi connectivity index (χ0) is 40.4. The topological polar surface area (TPSA) is 169 Å². The molecule has 0 spiro atoms. The number of carbonyl (C=O) groups excluding carboxylic acids is 3. The Morgan fingerprint density at radius 1 is 0.948 bits per heavy atom. The van der Waals surface area contributed by atoms with Crippen molar-refractivity contribution in [3.63, 3.8) is 0 Å². The molecule has 58 heavy (non-hydrogen) atoms. The van der Waals surface area contributed by atoms with Gasteiger partial charge in [0.1, 0.15) is 18.1 Å². The predicted octanol–water partition coefficient (Wildman–Crippen LogP) is 6.28. The Morgan fingerprint density at radius 3 is 2.41 bits per heavy atom. The lowest BCUT2D eigenvalue weighted by molar-refractivity contribution is -0.133. The number of benzene rings is 3. The van der Waals surface area contributed by atoms with Gasteiger partial charge >= 0.3 is 0 Å². The molecule has 1 unspecified atom stereocenters. The monoisotopic (exact) mass is 781 g/mol. The molecule has 8 rings (SSSR count). The summed E-state index contributed by atoms with van der Waals surface area (Å²) in [7, 11) is 1.60. The van der Waals surface area contributed by atoms with Gasteiger partial charge in [-0.15, -0.1) is 0 Å². The minimum Gasteiger partial charge on any atom is -0.496 e. The minimum atomic E-state index is -0.430. The van der Waals surface area contributed by atoms with Gasteiger partial charge in [0, 0.05) is 53.5 Å². The number of anilines is 1. The maximum absolute atomic E-state index is 12.8. The molecule has 2 aliphatic rings. The number of likely N-dealkylation sites (tertiary alicyclic amines) is 1. The van der Waals surface area contributed by atoms with Gasteiger partial charge in [-0.05, 0) is 79.2 Å². The summed E-state index contributed by atoms with van der Waals surface area (Å²) in [4.78, 5) is 47.8. The van der Waals surface area contributed by atoms with Gasteiger partial charge in [-0.1, -0.05) is 74.5 Å². The first-order valence-electron chi connectivity index (χ1n) is 19.7. The maximum atomic E-state index is 12.8. The summed E-state index contributed by atoms with van der Waals surface area (Å²) in [5.41, 5.74) is 8.52. The number of piperidine rings is 2. The van der Waals surface area contributed by atoms with Crippen LogP contribution in [0.2, 0.25) is 0 Å². The van der Waals surface area contributed by atoms with Crippen molar-refractivity contribution in [2.75, 3.05) is 25.5 Å². The Morgan fingerprint density at radius 2 is 1.71 bits per heavy atom. The predicted molar refractivity (Wildman–Crippen MR) is 218 cm³/mol. The molecule has 0 radical (unpaired) electrons. The average molecular weight is 782 g/mol. The smallest absolute Gasteiger partial charge is 0.292 e. The number of fused-ring (bicyclic) bond motifs is 1. The molecule has 3 amide bonds. The number of amides is 3. The molecule has 0 aliphatic carbocycles.